The molecule has 0 bridgehead atoms. The van der Waals surface area contributed by atoms with Gasteiger partial charge in [-0.15, -0.1) is 0 Å². The van der Waals surface area contributed by atoms with Crippen LogP contribution in [0.2, 0.25) is 0 Å². The van der Waals surface area contributed by atoms with E-state index in [1.165, 1.54) is 0 Å². The zero-order chi connectivity index (χ0) is 14.7. The fourth-order valence-electron chi connectivity index (χ4n) is 2.44. The van der Waals surface area contributed by atoms with Crippen LogP contribution in [0.3, 0.4) is 0 Å². The molecule has 3 rings (SSSR count). The van der Waals surface area contributed by atoms with Gasteiger partial charge in [0, 0.05) is 37.6 Å². The van der Waals surface area contributed by atoms with Gasteiger partial charge in [0.15, 0.2) is 0 Å². The van der Waals surface area contributed by atoms with Crippen LogP contribution in [0.1, 0.15) is 0 Å². The Morgan fingerprint density at radius 1 is 1.24 bits per heavy atom. The molecule has 7 nitrogen and oxygen atoms in total. The standard InChI is InChI=1S/C14H18N4O3/c19-13-15-4-5-18(13)12-3-1-2-11(10-12)16-14(20)17-6-8-21-9-7-17/h1-3,10H,4-9H2,(H,15,19)(H,16,20). The number of nitrogens with one attached hydrogen (secondary N) is 2. The summed E-state index contributed by atoms with van der Waals surface area (Å²) in [4.78, 5) is 27.2. The monoisotopic (exact) mass is 290 g/mol. The van der Waals surface area contributed by atoms with Gasteiger partial charge in [0.25, 0.3) is 0 Å². The van der Waals surface area contributed by atoms with Crippen LogP contribution in [0.25, 0.3) is 0 Å². The van der Waals surface area contributed by atoms with Crippen molar-refractivity contribution in [2.75, 3.05) is 49.6 Å². The second kappa shape index (κ2) is 6.01. The van der Waals surface area contributed by atoms with Crippen molar-refractivity contribution in [2.45, 2.75) is 0 Å². The molecule has 0 unspecified atom stereocenters. The maximum absolute atomic E-state index is 12.1. The summed E-state index contributed by atoms with van der Waals surface area (Å²) in [7, 11) is 0. The third kappa shape index (κ3) is 3.08. The van der Waals surface area contributed by atoms with Crippen molar-refractivity contribution in [1.82, 2.24) is 10.2 Å². The molecule has 0 aliphatic carbocycles. The van der Waals surface area contributed by atoms with E-state index in [0.29, 0.717) is 45.1 Å². The molecule has 112 valence electrons. The summed E-state index contributed by atoms with van der Waals surface area (Å²) in [6, 6.07) is 7.07. The molecule has 7 heteroatoms. The van der Waals surface area contributed by atoms with Gasteiger partial charge in [0.1, 0.15) is 0 Å². The van der Waals surface area contributed by atoms with Crippen molar-refractivity contribution in [3.63, 3.8) is 0 Å². The number of urea groups is 2. The van der Waals surface area contributed by atoms with Crippen LogP contribution in [-0.4, -0.2) is 56.4 Å². The molecule has 2 saturated heterocycles. The molecule has 0 saturated carbocycles. The van der Waals surface area contributed by atoms with Gasteiger partial charge in [-0.25, -0.2) is 9.59 Å². The Labute approximate surface area is 122 Å². The molecule has 4 amide bonds. The van der Waals surface area contributed by atoms with E-state index in [2.05, 4.69) is 10.6 Å². The second-order valence-electron chi connectivity index (χ2n) is 4.96. The number of benzene rings is 1. The number of carbonyl (C=O) groups is 2. The van der Waals surface area contributed by atoms with Gasteiger partial charge in [-0.1, -0.05) is 6.07 Å². The summed E-state index contributed by atoms with van der Waals surface area (Å²) < 4.78 is 5.23. The third-order valence-corrected chi connectivity index (χ3v) is 3.56. The minimum absolute atomic E-state index is 0.105. The Balaban J connectivity index is 1.68. The Kier molecular flexibility index (Phi) is 3.92. The first-order valence-corrected chi connectivity index (χ1v) is 7.03. The number of anilines is 2. The van der Waals surface area contributed by atoms with E-state index in [9.17, 15) is 9.59 Å². The normalized spacial score (nSPS) is 18.6. The van der Waals surface area contributed by atoms with Crippen molar-refractivity contribution in [3.05, 3.63) is 24.3 Å². The summed E-state index contributed by atoms with van der Waals surface area (Å²) in [6.45, 7) is 3.62. The van der Waals surface area contributed by atoms with Crippen molar-refractivity contribution in [1.29, 1.82) is 0 Å². The number of carbonyl (C=O) groups excluding carboxylic acids is 2. The molecular formula is C14H18N4O3. The summed E-state index contributed by atoms with van der Waals surface area (Å²) >= 11 is 0. The molecule has 0 spiro atoms. The van der Waals surface area contributed by atoms with Gasteiger partial charge in [-0.3, -0.25) is 4.90 Å². The van der Waals surface area contributed by atoms with E-state index in [1.54, 1.807) is 9.80 Å². The zero-order valence-electron chi connectivity index (χ0n) is 11.7. The lowest BCUT2D eigenvalue weighted by Crippen LogP contribution is -2.43. The van der Waals surface area contributed by atoms with Crippen LogP contribution in [0, 0.1) is 0 Å². The lowest BCUT2D eigenvalue weighted by Gasteiger charge is -2.27. The van der Waals surface area contributed by atoms with E-state index >= 15 is 0 Å². The maximum Gasteiger partial charge on any atom is 0.322 e. The topological polar surface area (TPSA) is 73.9 Å². The van der Waals surface area contributed by atoms with Crippen LogP contribution < -0.4 is 15.5 Å². The predicted octanol–water partition coefficient (Wildman–Crippen LogP) is 1.08. The van der Waals surface area contributed by atoms with Gasteiger partial charge in [0.05, 0.1) is 13.2 Å². The Hall–Kier alpha value is -2.28. The van der Waals surface area contributed by atoms with Crippen LogP contribution in [0.4, 0.5) is 21.0 Å². The highest BCUT2D eigenvalue weighted by Crippen LogP contribution is 2.21. The lowest BCUT2D eigenvalue weighted by molar-refractivity contribution is 0.0564. The van der Waals surface area contributed by atoms with E-state index in [4.69, 9.17) is 4.74 Å². The molecule has 0 atom stereocenters. The van der Waals surface area contributed by atoms with Crippen LogP contribution in [0.15, 0.2) is 24.3 Å². The molecule has 1 aromatic rings. The lowest BCUT2D eigenvalue weighted by atomic mass is 10.2. The molecule has 21 heavy (non-hydrogen) atoms. The molecule has 1 aromatic carbocycles. The zero-order valence-corrected chi connectivity index (χ0v) is 11.7. The third-order valence-electron chi connectivity index (χ3n) is 3.56. The molecule has 2 heterocycles. The first kappa shape index (κ1) is 13.7. The number of morpholine rings is 1. The van der Waals surface area contributed by atoms with E-state index in [-0.39, 0.29) is 12.1 Å². The second-order valence-corrected chi connectivity index (χ2v) is 4.96. The molecule has 2 fully saturated rings. The van der Waals surface area contributed by atoms with Crippen molar-refractivity contribution in [2.24, 2.45) is 0 Å². The molecule has 2 N–H and O–H groups in total. The minimum Gasteiger partial charge on any atom is -0.378 e. The SMILES string of the molecule is O=C(Nc1cccc(N2CCNC2=O)c1)N1CCOCC1. The predicted molar refractivity (Wildman–Crippen MR) is 78.6 cm³/mol. The van der Waals surface area contributed by atoms with Gasteiger partial charge < -0.3 is 20.3 Å². The van der Waals surface area contributed by atoms with E-state index < -0.39 is 0 Å². The first-order chi connectivity index (χ1) is 10.2. The first-order valence-electron chi connectivity index (χ1n) is 7.03. The number of nitrogens with zero attached hydrogens (tertiary/aromatic N) is 2. The smallest absolute Gasteiger partial charge is 0.322 e. The number of ether oxygens (including phenoxy) is 1. The van der Waals surface area contributed by atoms with Crippen molar-refractivity contribution in [3.8, 4) is 0 Å². The highest BCUT2D eigenvalue weighted by atomic mass is 16.5. The quantitative estimate of drug-likeness (QED) is 0.856. The van der Waals surface area contributed by atoms with Gasteiger partial charge in [-0.05, 0) is 18.2 Å². The Morgan fingerprint density at radius 3 is 2.76 bits per heavy atom. The maximum atomic E-state index is 12.1. The number of hydrogen-bond donors (Lipinski definition) is 2. The van der Waals surface area contributed by atoms with Gasteiger partial charge >= 0.3 is 12.1 Å². The number of amides is 4. The summed E-state index contributed by atoms with van der Waals surface area (Å²) in [5.41, 5.74) is 1.47. The Morgan fingerprint density at radius 2 is 2.05 bits per heavy atom. The van der Waals surface area contributed by atoms with Crippen LogP contribution in [-0.2, 0) is 4.74 Å². The summed E-state index contributed by atoms with van der Waals surface area (Å²) in [6.07, 6.45) is 0. The average Bonchev–Trinajstić information content (AvgIpc) is 2.94. The van der Waals surface area contributed by atoms with Gasteiger partial charge in [-0.2, -0.15) is 0 Å². The highest BCUT2D eigenvalue weighted by molar-refractivity contribution is 5.95. The molecule has 0 aromatic heterocycles. The number of hydrogen-bond acceptors (Lipinski definition) is 3. The molecule has 2 aliphatic heterocycles. The number of rotatable bonds is 2. The molecule has 0 radical (unpaired) electrons. The van der Waals surface area contributed by atoms with E-state index in [1.807, 2.05) is 24.3 Å². The summed E-state index contributed by atoms with van der Waals surface area (Å²) in [5, 5.41) is 5.62. The fourth-order valence-corrected chi connectivity index (χ4v) is 2.44. The highest BCUT2D eigenvalue weighted by Gasteiger charge is 2.22. The minimum atomic E-state index is -0.138. The summed E-state index contributed by atoms with van der Waals surface area (Å²) in [5.74, 6) is 0. The van der Waals surface area contributed by atoms with Gasteiger partial charge in [0.2, 0.25) is 0 Å². The van der Waals surface area contributed by atoms with Crippen molar-refractivity contribution >= 4 is 23.4 Å². The molecule has 2 aliphatic rings. The van der Waals surface area contributed by atoms with Crippen LogP contribution >= 0.6 is 0 Å². The van der Waals surface area contributed by atoms with Crippen LogP contribution in [0.5, 0.6) is 0 Å². The average molecular weight is 290 g/mol. The fraction of sp³-hybridized carbons (Fsp3) is 0.429. The Bertz CT molecular complexity index is 543. The van der Waals surface area contributed by atoms with Crippen molar-refractivity contribution < 1.29 is 14.3 Å². The molecular weight excluding hydrogens is 272 g/mol. The largest absolute Gasteiger partial charge is 0.378 e. The van der Waals surface area contributed by atoms with E-state index in [0.717, 1.165) is 5.69 Å².